The third kappa shape index (κ3) is 3.60. The summed E-state index contributed by atoms with van der Waals surface area (Å²) in [4.78, 5) is 12.8. The molecule has 0 aliphatic rings. The average Bonchev–Trinajstić information content (AvgIpc) is 2.61. The minimum absolute atomic E-state index is 0.174. The highest BCUT2D eigenvalue weighted by atomic mass is 16.5. The first-order chi connectivity index (χ1) is 11.9. The van der Waals surface area contributed by atoms with Gasteiger partial charge in [-0.3, -0.25) is 4.79 Å². The van der Waals surface area contributed by atoms with E-state index in [4.69, 9.17) is 14.2 Å². The van der Waals surface area contributed by atoms with E-state index in [1.807, 2.05) is 13.8 Å². The molecule has 0 bridgehead atoms. The zero-order chi connectivity index (χ0) is 18.6. The van der Waals surface area contributed by atoms with Crippen LogP contribution in [0.5, 0.6) is 23.0 Å². The molecule has 0 spiro atoms. The van der Waals surface area contributed by atoms with Crippen LogP contribution in [0.15, 0.2) is 30.3 Å². The predicted octanol–water partition coefficient (Wildman–Crippen LogP) is 3.93. The Balaban J connectivity index is 2.53. The highest BCUT2D eigenvalue weighted by Gasteiger charge is 2.25. The van der Waals surface area contributed by atoms with Crippen molar-refractivity contribution in [3.05, 3.63) is 52.6 Å². The van der Waals surface area contributed by atoms with Crippen molar-refractivity contribution < 1.29 is 24.1 Å². The molecule has 132 valence electrons. The van der Waals surface area contributed by atoms with Crippen LogP contribution in [0.25, 0.3) is 6.08 Å². The second kappa shape index (κ2) is 7.75. The van der Waals surface area contributed by atoms with Crippen LogP contribution in [-0.2, 0) is 0 Å². The van der Waals surface area contributed by atoms with Crippen molar-refractivity contribution in [1.82, 2.24) is 0 Å². The molecule has 2 rings (SSSR count). The van der Waals surface area contributed by atoms with Gasteiger partial charge in [0.2, 0.25) is 0 Å². The number of hydrogen-bond acceptors (Lipinski definition) is 5. The summed E-state index contributed by atoms with van der Waals surface area (Å²) in [5.74, 6) is 1.43. The Morgan fingerprint density at radius 2 is 1.36 bits per heavy atom. The van der Waals surface area contributed by atoms with Crippen molar-refractivity contribution in [1.29, 1.82) is 0 Å². The smallest absolute Gasteiger partial charge is 0.193 e. The summed E-state index contributed by atoms with van der Waals surface area (Å²) in [6.45, 7) is 3.68. The fourth-order valence-electron chi connectivity index (χ4n) is 2.85. The van der Waals surface area contributed by atoms with Gasteiger partial charge in [-0.25, -0.2) is 0 Å². The Hall–Kier alpha value is -2.95. The van der Waals surface area contributed by atoms with Crippen LogP contribution >= 0.6 is 0 Å². The lowest BCUT2D eigenvalue weighted by Gasteiger charge is -2.19. The molecule has 0 aliphatic heterocycles. The number of aromatic hydroxyl groups is 1. The number of methoxy groups -OCH3 is 3. The van der Waals surface area contributed by atoms with Crippen molar-refractivity contribution in [2.24, 2.45) is 0 Å². The lowest BCUT2D eigenvalue weighted by molar-refractivity contribution is 0.104. The van der Waals surface area contributed by atoms with Crippen molar-refractivity contribution in [3.63, 3.8) is 0 Å². The van der Waals surface area contributed by atoms with Crippen molar-refractivity contribution in [2.75, 3.05) is 21.3 Å². The van der Waals surface area contributed by atoms with E-state index in [-0.39, 0.29) is 11.5 Å². The van der Waals surface area contributed by atoms with E-state index < -0.39 is 0 Å². The third-order valence-electron chi connectivity index (χ3n) is 4.00. The van der Waals surface area contributed by atoms with Crippen LogP contribution in [0.4, 0.5) is 0 Å². The van der Waals surface area contributed by atoms with E-state index in [9.17, 15) is 9.90 Å². The summed E-state index contributed by atoms with van der Waals surface area (Å²) >= 11 is 0. The number of allylic oxidation sites excluding steroid dienone is 1. The van der Waals surface area contributed by atoms with E-state index in [1.165, 1.54) is 20.3 Å². The fourth-order valence-corrected chi connectivity index (χ4v) is 2.85. The summed E-state index contributed by atoms with van der Waals surface area (Å²) in [6, 6.07) is 6.57. The van der Waals surface area contributed by atoms with Crippen LogP contribution in [0.3, 0.4) is 0 Å². The van der Waals surface area contributed by atoms with Crippen molar-refractivity contribution in [3.8, 4) is 23.0 Å². The van der Waals surface area contributed by atoms with Gasteiger partial charge in [0.15, 0.2) is 5.78 Å². The number of ether oxygens (including phenoxy) is 3. The molecule has 0 saturated carbocycles. The molecule has 0 aliphatic carbocycles. The van der Waals surface area contributed by atoms with Gasteiger partial charge < -0.3 is 19.3 Å². The number of phenols is 1. The largest absolute Gasteiger partial charge is 0.508 e. The van der Waals surface area contributed by atoms with Crippen LogP contribution in [0, 0.1) is 13.8 Å². The molecular weight excluding hydrogens is 320 g/mol. The van der Waals surface area contributed by atoms with E-state index in [1.54, 1.807) is 37.5 Å². The van der Waals surface area contributed by atoms with Gasteiger partial charge in [-0.05, 0) is 37.6 Å². The molecular formula is C20H22O5. The Morgan fingerprint density at radius 1 is 0.880 bits per heavy atom. The molecule has 5 nitrogen and oxygen atoms in total. The Morgan fingerprint density at radius 3 is 1.80 bits per heavy atom. The number of carbonyl (C=O) groups excluding carboxylic acids is 1. The molecule has 1 N–H and O–H groups in total. The number of phenolic OH excluding ortho intramolecular Hbond substituents is 1. The average molecular weight is 342 g/mol. The van der Waals surface area contributed by atoms with E-state index in [0.29, 0.717) is 22.8 Å². The standard InChI is InChI=1S/C20H22O5/c1-12-18(23-3)13(2)20(25-5)17(19(12)24-4)16(22)11-8-14-6-9-15(21)10-7-14/h6-11,21H,1-5H3/b11-8+. The zero-order valence-corrected chi connectivity index (χ0v) is 15.0. The van der Waals surface area contributed by atoms with Gasteiger partial charge >= 0.3 is 0 Å². The molecule has 0 radical (unpaired) electrons. The summed E-state index contributed by atoms with van der Waals surface area (Å²) in [6.07, 6.45) is 3.13. The van der Waals surface area contributed by atoms with Crippen LogP contribution in [-0.4, -0.2) is 32.2 Å². The summed E-state index contributed by atoms with van der Waals surface area (Å²) < 4.78 is 16.3. The number of rotatable bonds is 6. The molecule has 0 heterocycles. The van der Waals surface area contributed by atoms with E-state index in [0.717, 1.165) is 16.7 Å². The Labute approximate surface area is 147 Å². The minimum Gasteiger partial charge on any atom is -0.508 e. The minimum atomic E-state index is -0.240. The third-order valence-corrected chi connectivity index (χ3v) is 4.00. The number of benzene rings is 2. The summed E-state index contributed by atoms with van der Waals surface area (Å²) in [5, 5.41) is 9.32. The lowest BCUT2D eigenvalue weighted by atomic mass is 9.98. The molecule has 0 amide bonds. The maximum absolute atomic E-state index is 12.8. The molecule has 0 atom stereocenters. The SMILES string of the molecule is COc1c(C)c(OC)c(C(=O)/C=C/c2ccc(O)cc2)c(OC)c1C. The second-order valence-corrected chi connectivity index (χ2v) is 5.51. The van der Waals surface area contributed by atoms with Gasteiger partial charge in [-0.2, -0.15) is 0 Å². The zero-order valence-electron chi connectivity index (χ0n) is 15.0. The maximum Gasteiger partial charge on any atom is 0.193 e. The van der Waals surface area contributed by atoms with Gasteiger partial charge in [0.1, 0.15) is 28.6 Å². The van der Waals surface area contributed by atoms with Gasteiger partial charge in [0, 0.05) is 11.1 Å². The van der Waals surface area contributed by atoms with Crippen LogP contribution in [0.2, 0.25) is 0 Å². The first-order valence-corrected chi connectivity index (χ1v) is 7.75. The first kappa shape index (κ1) is 18.4. The molecule has 2 aromatic carbocycles. The van der Waals surface area contributed by atoms with Gasteiger partial charge in [-0.15, -0.1) is 0 Å². The molecule has 0 fully saturated rings. The van der Waals surface area contributed by atoms with E-state index >= 15 is 0 Å². The lowest BCUT2D eigenvalue weighted by Crippen LogP contribution is -2.08. The highest BCUT2D eigenvalue weighted by Crippen LogP contribution is 2.43. The molecule has 0 unspecified atom stereocenters. The number of carbonyl (C=O) groups is 1. The molecule has 0 aromatic heterocycles. The monoisotopic (exact) mass is 342 g/mol. The van der Waals surface area contributed by atoms with Crippen LogP contribution < -0.4 is 14.2 Å². The topological polar surface area (TPSA) is 65.0 Å². The Kier molecular flexibility index (Phi) is 5.70. The van der Waals surface area contributed by atoms with E-state index in [2.05, 4.69) is 0 Å². The molecule has 25 heavy (non-hydrogen) atoms. The summed E-state index contributed by atoms with van der Waals surface area (Å²) in [7, 11) is 4.59. The van der Waals surface area contributed by atoms with Gasteiger partial charge in [0.25, 0.3) is 0 Å². The first-order valence-electron chi connectivity index (χ1n) is 7.75. The summed E-state index contributed by atoms with van der Waals surface area (Å²) in [5.41, 5.74) is 2.64. The molecule has 2 aromatic rings. The number of hydrogen-bond donors (Lipinski definition) is 1. The van der Waals surface area contributed by atoms with Crippen molar-refractivity contribution >= 4 is 11.9 Å². The number of ketones is 1. The Bertz CT molecular complexity index is 773. The molecule has 5 heteroatoms. The quantitative estimate of drug-likeness (QED) is 0.636. The normalized spacial score (nSPS) is 10.8. The van der Waals surface area contributed by atoms with Crippen LogP contribution in [0.1, 0.15) is 27.0 Å². The molecule has 0 saturated heterocycles. The van der Waals surface area contributed by atoms with Crippen molar-refractivity contribution in [2.45, 2.75) is 13.8 Å². The fraction of sp³-hybridized carbons (Fsp3) is 0.250. The maximum atomic E-state index is 12.8. The van der Waals surface area contributed by atoms with Gasteiger partial charge in [0.05, 0.1) is 21.3 Å². The predicted molar refractivity (Wildman–Crippen MR) is 97.0 cm³/mol. The highest BCUT2D eigenvalue weighted by molar-refractivity contribution is 6.11. The van der Waals surface area contributed by atoms with Gasteiger partial charge in [-0.1, -0.05) is 18.2 Å². The second-order valence-electron chi connectivity index (χ2n) is 5.51.